The smallest absolute Gasteiger partial charge is 0.404 e. The van der Waals surface area contributed by atoms with Gasteiger partial charge in [0.2, 0.25) is 0 Å². The molecule has 0 heterocycles. The van der Waals surface area contributed by atoms with Gasteiger partial charge in [-0.25, -0.2) is 8.42 Å². The number of benzene rings is 1. The first kappa shape index (κ1) is 25.1. The second kappa shape index (κ2) is 9.71. The Kier molecular flexibility index (Phi) is 8.40. The van der Waals surface area contributed by atoms with Gasteiger partial charge in [0.15, 0.2) is 9.84 Å². The fourth-order valence-corrected chi connectivity index (χ4v) is 3.96. The summed E-state index contributed by atoms with van der Waals surface area (Å²) < 4.78 is 89.6. The van der Waals surface area contributed by atoms with Gasteiger partial charge in [0.05, 0.1) is 10.6 Å². The Balaban J connectivity index is 3.08. The van der Waals surface area contributed by atoms with Crippen LogP contribution in [0.3, 0.4) is 0 Å². The Bertz CT molecular complexity index is 917. The van der Waals surface area contributed by atoms with Gasteiger partial charge in [0, 0.05) is 17.1 Å². The lowest BCUT2D eigenvalue weighted by Gasteiger charge is -2.21. The summed E-state index contributed by atoms with van der Waals surface area (Å²) in [5, 5.41) is 0. The van der Waals surface area contributed by atoms with Crippen LogP contribution in [0.15, 0.2) is 81.9 Å². The fraction of sp³-hybridized carbons (Fsp3) is 0.263. The predicted octanol–water partition coefficient (Wildman–Crippen LogP) is 5.71. The normalized spacial score (nSPS) is 14.0. The van der Waals surface area contributed by atoms with Crippen LogP contribution in [-0.4, -0.2) is 26.3 Å². The van der Waals surface area contributed by atoms with Crippen LogP contribution < -0.4 is 5.73 Å². The third-order valence-corrected chi connectivity index (χ3v) is 6.12. The van der Waals surface area contributed by atoms with Gasteiger partial charge in [-0.15, -0.1) is 0 Å². The molecule has 0 saturated carbocycles. The van der Waals surface area contributed by atoms with Crippen molar-refractivity contribution in [3.63, 3.8) is 0 Å². The maximum Gasteiger partial charge on any atom is 0.453 e. The van der Waals surface area contributed by atoms with E-state index in [9.17, 15) is 30.4 Å². The summed E-state index contributed by atoms with van der Waals surface area (Å²) in [6.45, 7) is 7.02. The standard InChI is InChI=1S/C19H19BrF5NO2S/c1-3-4-14(9-10-18(21,22)19(23,24)25)17(11-26)13(2)12-29(27,28)16-7-5-15(20)6-8-16/h3-8,11H,1-2,9-10,12,26H2/b14-4-,17-11-. The highest BCUT2D eigenvalue weighted by Gasteiger charge is 2.56. The van der Waals surface area contributed by atoms with Crippen molar-refractivity contribution in [2.24, 2.45) is 5.73 Å². The molecule has 3 nitrogen and oxygen atoms in total. The van der Waals surface area contributed by atoms with Crippen molar-refractivity contribution in [1.29, 1.82) is 0 Å². The molecule has 1 aromatic rings. The van der Waals surface area contributed by atoms with Crippen LogP contribution in [0.5, 0.6) is 0 Å². The van der Waals surface area contributed by atoms with E-state index < -0.39 is 40.5 Å². The predicted molar refractivity (Wildman–Crippen MR) is 106 cm³/mol. The molecule has 0 spiro atoms. The largest absolute Gasteiger partial charge is 0.453 e. The molecule has 0 aliphatic heterocycles. The Morgan fingerprint density at radius 3 is 2.14 bits per heavy atom. The minimum absolute atomic E-state index is 0.00363. The second-order valence-electron chi connectivity index (χ2n) is 6.03. The Labute approximate surface area is 174 Å². The van der Waals surface area contributed by atoms with Crippen LogP contribution in [0.4, 0.5) is 22.0 Å². The van der Waals surface area contributed by atoms with Gasteiger partial charge in [-0.2, -0.15) is 22.0 Å². The first-order valence-electron chi connectivity index (χ1n) is 8.10. The van der Waals surface area contributed by atoms with Crippen LogP contribution in [0, 0.1) is 0 Å². The van der Waals surface area contributed by atoms with E-state index in [4.69, 9.17) is 5.73 Å². The van der Waals surface area contributed by atoms with Gasteiger partial charge in [-0.1, -0.05) is 41.2 Å². The molecule has 0 aromatic heterocycles. The molecule has 0 radical (unpaired) electrons. The molecule has 0 aliphatic carbocycles. The number of allylic oxidation sites excluding steroid dienone is 4. The van der Waals surface area contributed by atoms with Gasteiger partial charge in [0.25, 0.3) is 0 Å². The van der Waals surface area contributed by atoms with Gasteiger partial charge < -0.3 is 5.73 Å². The lowest BCUT2D eigenvalue weighted by Crippen LogP contribution is -2.36. The lowest BCUT2D eigenvalue weighted by atomic mass is 9.94. The van der Waals surface area contributed by atoms with E-state index in [0.29, 0.717) is 4.47 Å². The number of nitrogens with two attached hydrogens (primary N) is 1. The van der Waals surface area contributed by atoms with E-state index in [1.54, 1.807) is 0 Å². The maximum absolute atomic E-state index is 13.3. The lowest BCUT2D eigenvalue weighted by molar-refractivity contribution is -0.284. The van der Waals surface area contributed by atoms with E-state index in [1.165, 1.54) is 36.4 Å². The Hall–Kier alpha value is -1.94. The molecule has 0 amide bonds. The number of rotatable bonds is 9. The summed E-state index contributed by atoms with van der Waals surface area (Å²) in [6, 6.07) is 5.78. The summed E-state index contributed by atoms with van der Waals surface area (Å²) in [6.07, 6.45) is -4.62. The molecule has 29 heavy (non-hydrogen) atoms. The summed E-state index contributed by atoms with van der Waals surface area (Å²) in [7, 11) is -3.84. The molecule has 0 unspecified atom stereocenters. The van der Waals surface area contributed by atoms with Gasteiger partial charge in [-0.05, 0) is 47.4 Å². The van der Waals surface area contributed by atoms with Crippen LogP contribution in [0.2, 0.25) is 0 Å². The average molecular weight is 500 g/mol. The van der Waals surface area contributed by atoms with Crippen molar-refractivity contribution in [3.05, 3.63) is 77.0 Å². The third-order valence-electron chi connectivity index (χ3n) is 3.87. The number of hydrogen-bond acceptors (Lipinski definition) is 3. The topological polar surface area (TPSA) is 60.2 Å². The maximum atomic E-state index is 13.3. The molecule has 160 valence electrons. The summed E-state index contributed by atoms with van der Waals surface area (Å²) in [5.41, 5.74) is 5.41. The van der Waals surface area contributed by atoms with E-state index in [-0.39, 0.29) is 21.6 Å². The SMILES string of the molecule is C=C/C=C(CCC(F)(F)C(F)(F)F)\C(=C/N)C(=C)CS(=O)(=O)c1ccc(Br)cc1. The summed E-state index contributed by atoms with van der Waals surface area (Å²) >= 11 is 3.18. The van der Waals surface area contributed by atoms with Crippen molar-refractivity contribution in [2.45, 2.75) is 29.8 Å². The molecule has 0 atom stereocenters. The summed E-state index contributed by atoms with van der Waals surface area (Å²) in [4.78, 5) is -0.00363. The molecule has 0 bridgehead atoms. The zero-order chi connectivity index (χ0) is 22.5. The van der Waals surface area contributed by atoms with Crippen molar-refractivity contribution < 1.29 is 30.4 Å². The minimum atomic E-state index is -5.69. The van der Waals surface area contributed by atoms with E-state index >= 15 is 0 Å². The number of halogens is 6. The highest BCUT2D eigenvalue weighted by atomic mass is 79.9. The fourth-order valence-electron chi connectivity index (χ4n) is 2.37. The molecular formula is C19H19BrF5NO2S. The molecule has 0 saturated heterocycles. The first-order chi connectivity index (χ1) is 13.2. The minimum Gasteiger partial charge on any atom is -0.404 e. The molecule has 2 N–H and O–H groups in total. The second-order valence-corrected chi connectivity index (χ2v) is 8.93. The molecule has 0 aliphatic rings. The average Bonchev–Trinajstić information content (AvgIpc) is 2.59. The van der Waals surface area contributed by atoms with E-state index in [1.807, 2.05) is 0 Å². The molecule has 10 heteroatoms. The Morgan fingerprint density at radius 1 is 1.14 bits per heavy atom. The van der Waals surface area contributed by atoms with Crippen LogP contribution >= 0.6 is 15.9 Å². The number of sulfone groups is 1. The zero-order valence-corrected chi connectivity index (χ0v) is 17.5. The zero-order valence-electron chi connectivity index (χ0n) is 15.1. The van der Waals surface area contributed by atoms with Crippen molar-refractivity contribution in [1.82, 2.24) is 0 Å². The van der Waals surface area contributed by atoms with Gasteiger partial charge in [-0.3, -0.25) is 0 Å². The van der Waals surface area contributed by atoms with Gasteiger partial charge in [0.1, 0.15) is 0 Å². The third kappa shape index (κ3) is 6.81. The van der Waals surface area contributed by atoms with Crippen LogP contribution in [0.1, 0.15) is 12.8 Å². The van der Waals surface area contributed by atoms with E-state index in [0.717, 1.165) is 6.20 Å². The number of alkyl halides is 5. The van der Waals surface area contributed by atoms with E-state index in [2.05, 4.69) is 29.1 Å². The van der Waals surface area contributed by atoms with Crippen LogP contribution in [0.25, 0.3) is 0 Å². The number of hydrogen-bond donors (Lipinski definition) is 1. The van der Waals surface area contributed by atoms with Gasteiger partial charge >= 0.3 is 12.1 Å². The quantitative estimate of drug-likeness (QED) is 0.349. The molecular weight excluding hydrogens is 481 g/mol. The highest BCUT2D eigenvalue weighted by Crippen LogP contribution is 2.40. The Morgan fingerprint density at radius 2 is 1.69 bits per heavy atom. The van der Waals surface area contributed by atoms with Crippen molar-refractivity contribution in [3.8, 4) is 0 Å². The monoisotopic (exact) mass is 499 g/mol. The molecule has 0 fully saturated rings. The molecule has 1 rings (SSSR count). The van der Waals surface area contributed by atoms with Crippen molar-refractivity contribution in [2.75, 3.05) is 5.75 Å². The first-order valence-corrected chi connectivity index (χ1v) is 10.5. The summed E-state index contributed by atoms with van der Waals surface area (Å²) in [5.74, 6) is -5.50. The van der Waals surface area contributed by atoms with Crippen molar-refractivity contribution >= 4 is 25.8 Å². The molecule has 1 aromatic carbocycles. The van der Waals surface area contributed by atoms with Crippen LogP contribution in [-0.2, 0) is 9.84 Å². The highest BCUT2D eigenvalue weighted by molar-refractivity contribution is 9.10.